The second-order valence-corrected chi connectivity index (χ2v) is 9.03. The maximum atomic E-state index is 12.7. The highest BCUT2D eigenvalue weighted by Crippen LogP contribution is 2.38. The largest absolute Gasteiger partial charge is 0.484 e. The Bertz CT molecular complexity index is 1190. The molecule has 0 aromatic heterocycles. The van der Waals surface area contributed by atoms with Gasteiger partial charge in [-0.2, -0.15) is 0 Å². The molecule has 2 aliphatic heterocycles. The van der Waals surface area contributed by atoms with Crippen LogP contribution in [0.15, 0.2) is 72.8 Å². The molecule has 0 saturated carbocycles. The number of hydrogen-bond donors (Lipinski definition) is 0. The fourth-order valence-corrected chi connectivity index (χ4v) is 4.52. The lowest BCUT2D eigenvalue weighted by Gasteiger charge is -2.42. The zero-order valence-corrected chi connectivity index (χ0v) is 19.2. The number of likely N-dealkylation sites (tertiary alicyclic amines) is 1. The molecule has 1 saturated heterocycles. The summed E-state index contributed by atoms with van der Waals surface area (Å²) in [5, 5.41) is 0. The first-order valence-corrected chi connectivity index (χ1v) is 11.6. The van der Waals surface area contributed by atoms with E-state index >= 15 is 0 Å². The second kappa shape index (κ2) is 8.78. The number of ether oxygens (including phenoxy) is 2. The summed E-state index contributed by atoms with van der Waals surface area (Å²) in [5.41, 5.74) is 5.52. The van der Waals surface area contributed by atoms with Crippen molar-refractivity contribution >= 4 is 12.0 Å². The van der Waals surface area contributed by atoms with Gasteiger partial charge in [0.25, 0.3) is 5.91 Å². The first-order chi connectivity index (χ1) is 16.0. The van der Waals surface area contributed by atoms with Crippen molar-refractivity contribution in [2.75, 3.05) is 19.7 Å². The third-order valence-electron chi connectivity index (χ3n) is 6.80. The molecule has 0 radical (unpaired) electrons. The Morgan fingerprint density at radius 2 is 1.73 bits per heavy atom. The fourth-order valence-electron chi connectivity index (χ4n) is 4.52. The molecule has 4 heteroatoms. The highest BCUT2D eigenvalue weighted by molar-refractivity contribution is 5.78. The van der Waals surface area contributed by atoms with Crippen molar-refractivity contribution in [3.63, 3.8) is 0 Å². The average molecular weight is 440 g/mol. The summed E-state index contributed by atoms with van der Waals surface area (Å²) >= 11 is 0. The van der Waals surface area contributed by atoms with Gasteiger partial charge in [0.2, 0.25) is 0 Å². The van der Waals surface area contributed by atoms with Gasteiger partial charge in [-0.3, -0.25) is 4.79 Å². The van der Waals surface area contributed by atoms with Crippen LogP contribution in [0.4, 0.5) is 0 Å². The number of amides is 1. The molecular formula is C29H29NO3. The minimum atomic E-state index is -0.340. The first-order valence-electron chi connectivity index (χ1n) is 11.6. The smallest absolute Gasteiger partial charge is 0.260 e. The normalized spacial score (nSPS) is 16.2. The molecule has 0 atom stereocenters. The van der Waals surface area contributed by atoms with Crippen LogP contribution in [0.3, 0.4) is 0 Å². The number of hydrogen-bond acceptors (Lipinski definition) is 3. The van der Waals surface area contributed by atoms with Crippen molar-refractivity contribution in [2.45, 2.75) is 32.3 Å². The van der Waals surface area contributed by atoms with Crippen LogP contribution in [-0.4, -0.2) is 36.1 Å². The Morgan fingerprint density at radius 1 is 0.939 bits per heavy atom. The molecule has 0 aliphatic carbocycles. The number of carbonyl (C=O) groups excluding carboxylic acids is 1. The number of nitrogens with zero attached hydrogens (tertiary/aromatic N) is 1. The lowest BCUT2D eigenvalue weighted by Crippen LogP contribution is -2.50. The molecule has 1 fully saturated rings. The van der Waals surface area contributed by atoms with E-state index in [-0.39, 0.29) is 18.1 Å². The van der Waals surface area contributed by atoms with E-state index in [1.165, 1.54) is 16.7 Å². The number of rotatable bonds is 4. The van der Waals surface area contributed by atoms with Crippen LogP contribution in [0, 0.1) is 13.8 Å². The summed E-state index contributed by atoms with van der Waals surface area (Å²) in [6.07, 6.45) is 5.90. The molecule has 0 bridgehead atoms. The van der Waals surface area contributed by atoms with E-state index in [0.29, 0.717) is 13.1 Å². The van der Waals surface area contributed by atoms with Crippen LogP contribution in [0.2, 0.25) is 0 Å². The summed E-state index contributed by atoms with van der Waals surface area (Å²) in [4.78, 5) is 14.6. The highest BCUT2D eigenvalue weighted by atomic mass is 16.5. The third kappa shape index (κ3) is 4.51. The second-order valence-electron chi connectivity index (χ2n) is 9.03. The van der Waals surface area contributed by atoms with E-state index in [4.69, 9.17) is 9.47 Å². The zero-order valence-electron chi connectivity index (χ0n) is 19.2. The van der Waals surface area contributed by atoms with E-state index in [1.54, 1.807) is 0 Å². The first kappa shape index (κ1) is 21.3. The van der Waals surface area contributed by atoms with Gasteiger partial charge in [-0.25, -0.2) is 0 Å². The predicted molar refractivity (Wildman–Crippen MR) is 131 cm³/mol. The fraction of sp³-hybridized carbons (Fsp3) is 0.276. The van der Waals surface area contributed by atoms with Gasteiger partial charge in [-0.15, -0.1) is 0 Å². The minimum Gasteiger partial charge on any atom is -0.484 e. The van der Waals surface area contributed by atoms with Crippen LogP contribution in [-0.2, 0) is 4.79 Å². The van der Waals surface area contributed by atoms with Gasteiger partial charge in [-0.05, 0) is 66.4 Å². The molecule has 3 aromatic carbocycles. The number of benzene rings is 3. The van der Waals surface area contributed by atoms with Gasteiger partial charge in [0, 0.05) is 31.5 Å². The van der Waals surface area contributed by atoms with E-state index in [0.717, 1.165) is 35.5 Å². The third-order valence-corrected chi connectivity index (χ3v) is 6.80. The van der Waals surface area contributed by atoms with Crippen LogP contribution >= 0.6 is 0 Å². The van der Waals surface area contributed by atoms with Crippen molar-refractivity contribution < 1.29 is 14.3 Å². The highest BCUT2D eigenvalue weighted by Gasteiger charge is 2.38. The van der Waals surface area contributed by atoms with Gasteiger partial charge >= 0.3 is 0 Å². The lowest BCUT2D eigenvalue weighted by molar-refractivity contribution is -0.136. The summed E-state index contributed by atoms with van der Waals surface area (Å²) < 4.78 is 12.2. The lowest BCUT2D eigenvalue weighted by atomic mass is 9.87. The molecule has 2 aliphatic rings. The molecule has 3 aromatic rings. The topological polar surface area (TPSA) is 38.8 Å². The Kier molecular flexibility index (Phi) is 5.67. The maximum Gasteiger partial charge on any atom is 0.260 e. The Hall–Kier alpha value is -3.53. The summed E-state index contributed by atoms with van der Waals surface area (Å²) in [5.74, 6) is 1.68. The molecule has 1 spiro atoms. The van der Waals surface area contributed by atoms with E-state index in [1.807, 2.05) is 36.1 Å². The van der Waals surface area contributed by atoms with Gasteiger partial charge in [0.1, 0.15) is 17.1 Å². The van der Waals surface area contributed by atoms with Crippen LogP contribution in [0.1, 0.15) is 29.5 Å². The van der Waals surface area contributed by atoms with Crippen molar-refractivity contribution in [3.05, 3.63) is 89.5 Å². The van der Waals surface area contributed by atoms with Crippen molar-refractivity contribution in [1.82, 2.24) is 4.90 Å². The number of fused-ring (bicyclic) bond motifs is 1. The monoisotopic (exact) mass is 439 g/mol. The minimum absolute atomic E-state index is 0.0239. The molecule has 0 unspecified atom stereocenters. The van der Waals surface area contributed by atoms with Crippen molar-refractivity contribution in [3.8, 4) is 22.6 Å². The molecule has 33 heavy (non-hydrogen) atoms. The van der Waals surface area contributed by atoms with Gasteiger partial charge in [0.15, 0.2) is 6.61 Å². The van der Waals surface area contributed by atoms with Crippen molar-refractivity contribution in [2.24, 2.45) is 0 Å². The van der Waals surface area contributed by atoms with Crippen molar-refractivity contribution in [1.29, 1.82) is 0 Å². The summed E-state index contributed by atoms with van der Waals surface area (Å²) in [7, 11) is 0. The summed E-state index contributed by atoms with van der Waals surface area (Å²) in [6.45, 7) is 5.51. The Morgan fingerprint density at radius 3 is 2.48 bits per heavy atom. The van der Waals surface area contributed by atoms with E-state index in [2.05, 4.69) is 61.5 Å². The molecule has 1 amide bonds. The van der Waals surface area contributed by atoms with E-state index in [9.17, 15) is 4.79 Å². The molecule has 5 rings (SSSR count). The SMILES string of the molecule is Cc1ccc(OCC(=O)N2CCC3(C=Cc4cc(-c5ccccc5)ccc4O3)CC2)cc1C. The zero-order chi connectivity index (χ0) is 22.8. The Labute approximate surface area is 195 Å². The molecule has 2 heterocycles. The van der Waals surface area contributed by atoms with Gasteiger partial charge in [-0.1, -0.05) is 48.5 Å². The molecule has 168 valence electrons. The van der Waals surface area contributed by atoms with E-state index < -0.39 is 0 Å². The average Bonchev–Trinajstić information content (AvgIpc) is 2.85. The molecule has 4 nitrogen and oxygen atoms in total. The molecular weight excluding hydrogens is 410 g/mol. The van der Waals surface area contributed by atoms with Crippen LogP contribution in [0.25, 0.3) is 17.2 Å². The predicted octanol–water partition coefficient (Wildman–Crippen LogP) is 5.82. The summed E-state index contributed by atoms with van der Waals surface area (Å²) in [6, 6.07) is 22.7. The number of aryl methyl sites for hydroxylation is 2. The standard InChI is InChI=1S/C29H29NO3/c1-21-8-10-26(18-22(21)2)32-20-28(31)30-16-14-29(15-17-30)13-12-25-19-24(9-11-27(25)33-29)23-6-4-3-5-7-23/h3-13,18-19H,14-17,20H2,1-2H3. The number of piperidine rings is 1. The number of carbonyl (C=O) groups is 1. The van der Waals surface area contributed by atoms with Crippen LogP contribution < -0.4 is 9.47 Å². The van der Waals surface area contributed by atoms with Gasteiger partial charge < -0.3 is 14.4 Å². The maximum absolute atomic E-state index is 12.7. The quantitative estimate of drug-likeness (QED) is 0.514. The van der Waals surface area contributed by atoms with Crippen LogP contribution in [0.5, 0.6) is 11.5 Å². The van der Waals surface area contributed by atoms with Gasteiger partial charge in [0.05, 0.1) is 0 Å². The molecule has 0 N–H and O–H groups in total. The Balaban J connectivity index is 1.19.